The van der Waals surface area contributed by atoms with E-state index in [9.17, 15) is 4.79 Å². The van der Waals surface area contributed by atoms with Crippen LogP contribution in [0.3, 0.4) is 0 Å². The average Bonchev–Trinajstić information content (AvgIpc) is 2.20. The molecule has 0 fully saturated rings. The number of rotatable bonds is 4. The molecule has 0 bridgehead atoms. The number of hydrogen-bond donors (Lipinski definition) is 2. The molecule has 2 unspecified atom stereocenters. The lowest BCUT2D eigenvalue weighted by molar-refractivity contribution is -0.141. The average molecular weight is 208 g/mol. The lowest BCUT2D eigenvalue weighted by atomic mass is 10.0. The lowest BCUT2D eigenvalue weighted by Gasteiger charge is -2.18. The summed E-state index contributed by atoms with van der Waals surface area (Å²) in [4.78, 5) is 14.9. The van der Waals surface area contributed by atoms with Crippen LogP contribution in [0, 0.1) is 12.8 Å². The number of hydrogen-bond acceptors (Lipinski definition) is 3. The maximum atomic E-state index is 10.7. The van der Waals surface area contributed by atoms with Gasteiger partial charge in [-0.3, -0.25) is 4.79 Å². The van der Waals surface area contributed by atoms with Crippen molar-refractivity contribution in [2.45, 2.75) is 26.8 Å². The van der Waals surface area contributed by atoms with E-state index in [1.165, 1.54) is 0 Å². The summed E-state index contributed by atoms with van der Waals surface area (Å²) in [6, 6.07) is 3.64. The highest BCUT2D eigenvalue weighted by atomic mass is 16.4. The number of nitrogens with zero attached hydrogens (tertiary/aromatic N) is 1. The SMILES string of the molecule is Cc1ccc(NC(C)C(C)C(=O)O)nc1. The second-order valence-corrected chi connectivity index (χ2v) is 3.78. The number of aromatic nitrogens is 1. The van der Waals surface area contributed by atoms with Crippen molar-refractivity contribution in [2.24, 2.45) is 5.92 Å². The summed E-state index contributed by atoms with van der Waals surface area (Å²) in [5.41, 5.74) is 1.08. The van der Waals surface area contributed by atoms with E-state index < -0.39 is 11.9 Å². The third-order valence-electron chi connectivity index (χ3n) is 2.43. The van der Waals surface area contributed by atoms with Crippen LogP contribution in [0.1, 0.15) is 19.4 Å². The molecular formula is C11H16N2O2. The van der Waals surface area contributed by atoms with Gasteiger partial charge in [-0.2, -0.15) is 0 Å². The van der Waals surface area contributed by atoms with Gasteiger partial charge in [-0.05, 0) is 32.4 Å². The molecule has 0 aromatic carbocycles. The molecule has 0 saturated carbocycles. The second-order valence-electron chi connectivity index (χ2n) is 3.78. The van der Waals surface area contributed by atoms with Gasteiger partial charge in [-0.1, -0.05) is 6.07 Å². The Bertz CT molecular complexity index is 335. The van der Waals surface area contributed by atoms with Crippen molar-refractivity contribution in [1.82, 2.24) is 4.98 Å². The quantitative estimate of drug-likeness (QED) is 0.793. The van der Waals surface area contributed by atoms with Crippen LogP contribution in [0.15, 0.2) is 18.3 Å². The number of nitrogens with one attached hydrogen (secondary N) is 1. The molecule has 1 rings (SSSR count). The molecule has 0 aliphatic heterocycles. The Morgan fingerprint density at radius 2 is 2.13 bits per heavy atom. The third-order valence-corrected chi connectivity index (χ3v) is 2.43. The van der Waals surface area contributed by atoms with Gasteiger partial charge < -0.3 is 10.4 Å². The van der Waals surface area contributed by atoms with Crippen LogP contribution in [-0.4, -0.2) is 22.1 Å². The number of aliphatic carboxylic acids is 1. The highest BCUT2D eigenvalue weighted by Gasteiger charge is 2.19. The summed E-state index contributed by atoms with van der Waals surface area (Å²) in [6.45, 7) is 5.47. The van der Waals surface area contributed by atoms with Crippen molar-refractivity contribution in [2.75, 3.05) is 5.32 Å². The number of anilines is 1. The van der Waals surface area contributed by atoms with E-state index in [0.717, 1.165) is 5.56 Å². The van der Waals surface area contributed by atoms with Gasteiger partial charge >= 0.3 is 5.97 Å². The van der Waals surface area contributed by atoms with E-state index in [-0.39, 0.29) is 6.04 Å². The normalized spacial score (nSPS) is 14.3. The Labute approximate surface area is 89.3 Å². The second kappa shape index (κ2) is 4.77. The fourth-order valence-corrected chi connectivity index (χ4v) is 1.13. The summed E-state index contributed by atoms with van der Waals surface area (Å²) < 4.78 is 0. The van der Waals surface area contributed by atoms with Gasteiger partial charge in [0.1, 0.15) is 5.82 Å². The largest absolute Gasteiger partial charge is 0.481 e. The molecule has 0 radical (unpaired) electrons. The third kappa shape index (κ3) is 3.23. The molecule has 0 spiro atoms. The summed E-state index contributed by atoms with van der Waals surface area (Å²) >= 11 is 0. The molecular weight excluding hydrogens is 192 g/mol. The highest BCUT2D eigenvalue weighted by Crippen LogP contribution is 2.10. The van der Waals surface area contributed by atoms with Gasteiger partial charge in [0, 0.05) is 12.2 Å². The van der Waals surface area contributed by atoms with Gasteiger partial charge in [-0.25, -0.2) is 4.98 Å². The van der Waals surface area contributed by atoms with Crippen molar-refractivity contribution >= 4 is 11.8 Å². The van der Waals surface area contributed by atoms with E-state index in [1.807, 2.05) is 26.0 Å². The monoisotopic (exact) mass is 208 g/mol. The number of carboxylic acid groups (broad SMARTS) is 1. The van der Waals surface area contributed by atoms with Crippen LogP contribution in [0.2, 0.25) is 0 Å². The van der Waals surface area contributed by atoms with E-state index in [1.54, 1.807) is 13.1 Å². The van der Waals surface area contributed by atoms with Crippen LogP contribution in [0.5, 0.6) is 0 Å². The molecule has 1 heterocycles. The van der Waals surface area contributed by atoms with E-state index >= 15 is 0 Å². The van der Waals surface area contributed by atoms with Crippen molar-refractivity contribution < 1.29 is 9.90 Å². The standard InChI is InChI=1S/C11H16N2O2/c1-7-4-5-10(12-6-7)13-9(3)8(2)11(14)15/h4-6,8-9H,1-3H3,(H,12,13)(H,14,15). The van der Waals surface area contributed by atoms with Gasteiger partial charge in [0.25, 0.3) is 0 Å². The molecule has 0 aliphatic rings. The van der Waals surface area contributed by atoms with Crippen LogP contribution < -0.4 is 5.32 Å². The maximum Gasteiger partial charge on any atom is 0.308 e. The zero-order valence-electron chi connectivity index (χ0n) is 9.19. The topological polar surface area (TPSA) is 62.2 Å². The first-order valence-electron chi connectivity index (χ1n) is 4.92. The number of carboxylic acids is 1. The van der Waals surface area contributed by atoms with E-state index in [4.69, 9.17) is 5.11 Å². The molecule has 2 atom stereocenters. The molecule has 0 aliphatic carbocycles. The first kappa shape index (κ1) is 11.5. The minimum Gasteiger partial charge on any atom is -0.481 e. The van der Waals surface area contributed by atoms with Gasteiger partial charge in [-0.15, -0.1) is 0 Å². The molecule has 4 nitrogen and oxygen atoms in total. The van der Waals surface area contributed by atoms with Crippen LogP contribution in [0.4, 0.5) is 5.82 Å². The first-order chi connectivity index (χ1) is 7.00. The van der Waals surface area contributed by atoms with Crippen molar-refractivity contribution in [3.63, 3.8) is 0 Å². The minimum atomic E-state index is -0.804. The zero-order valence-corrected chi connectivity index (χ0v) is 9.19. The van der Waals surface area contributed by atoms with Gasteiger partial charge in [0.2, 0.25) is 0 Å². The lowest BCUT2D eigenvalue weighted by Crippen LogP contribution is -2.29. The summed E-state index contributed by atoms with van der Waals surface area (Å²) in [5, 5.41) is 11.9. The van der Waals surface area contributed by atoms with E-state index in [0.29, 0.717) is 5.82 Å². The number of aryl methyl sites for hydroxylation is 1. The predicted molar refractivity (Wildman–Crippen MR) is 58.9 cm³/mol. The fourth-order valence-electron chi connectivity index (χ4n) is 1.13. The predicted octanol–water partition coefficient (Wildman–Crippen LogP) is 1.91. The first-order valence-corrected chi connectivity index (χ1v) is 4.92. The molecule has 82 valence electrons. The molecule has 4 heteroatoms. The summed E-state index contributed by atoms with van der Waals surface area (Å²) in [7, 11) is 0. The van der Waals surface area contributed by atoms with Crippen molar-refractivity contribution in [3.05, 3.63) is 23.9 Å². The van der Waals surface area contributed by atoms with Crippen LogP contribution in [0.25, 0.3) is 0 Å². The molecule has 2 N–H and O–H groups in total. The maximum absolute atomic E-state index is 10.7. The Hall–Kier alpha value is -1.58. The molecule has 1 aromatic rings. The Kier molecular flexibility index (Phi) is 3.66. The van der Waals surface area contributed by atoms with Crippen molar-refractivity contribution in [3.8, 4) is 0 Å². The van der Waals surface area contributed by atoms with Crippen LogP contribution in [-0.2, 0) is 4.79 Å². The van der Waals surface area contributed by atoms with Crippen molar-refractivity contribution in [1.29, 1.82) is 0 Å². The highest BCUT2D eigenvalue weighted by molar-refractivity contribution is 5.71. The molecule has 0 amide bonds. The van der Waals surface area contributed by atoms with Gasteiger partial charge in [0.05, 0.1) is 5.92 Å². The number of carbonyl (C=O) groups is 1. The fraction of sp³-hybridized carbons (Fsp3) is 0.455. The summed E-state index contributed by atoms with van der Waals surface area (Å²) in [5.74, 6) is -0.531. The number of pyridine rings is 1. The summed E-state index contributed by atoms with van der Waals surface area (Å²) in [6.07, 6.45) is 1.75. The molecule has 1 aromatic heterocycles. The molecule has 0 saturated heterocycles. The smallest absolute Gasteiger partial charge is 0.308 e. The van der Waals surface area contributed by atoms with Crippen LogP contribution >= 0.6 is 0 Å². The Morgan fingerprint density at radius 1 is 1.47 bits per heavy atom. The Morgan fingerprint density at radius 3 is 2.60 bits per heavy atom. The minimum absolute atomic E-state index is 0.141. The van der Waals surface area contributed by atoms with Gasteiger partial charge in [0.15, 0.2) is 0 Å². The Balaban J connectivity index is 2.62. The van der Waals surface area contributed by atoms with E-state index in [2.05, 4.69) is 10.3 Å². The molecule has 15 heavy (non-hydrogen) atoms. The zero-order chi connectivity index (χ0) is 11.4.